The van der Waals surface area contributed by atoms with Crippen molar-refractivity contribution in [3.8, 4) is 11.5 Å². The number of rotatable bonds is 5. The molecule has 1 heterocycles. The maximum Gasteiger partial charge on any atom is 0.231 e. The van der Waals surface area contributed by atoms with Gasteiger partial charge in [-0.2, -0.15) is 0 Å². The lowest BCUT2D eigenvalue weighted by atomic mass is 10.0. The maximum absolute atomic E-state index is 13.3. The van der Waals surface area contributed by atoms with Gasteiger partial charge in [0.05, 0.1) is 6.42 Å². The second-order valence-corrected chi connectivity index (χ2v) is 8.01. The molecule has 29 heavy (non-hydrogen) atoms. The van der Waals surface area contributed by atoms with E-state index in [-0.39, 0.29) is 12.7 Å². The van der Waals surface area contributed by atoms with Crippen molar-refractivity contribution in [2.75, 3.05) is 6.79 Å². The number of ether oxygens (including phenoxy) is 2. The van der Waals surface area contributed by atoms with Gasteiger partial charge in [-0.1, -0.05) is 61.4 Å². The van der Waals surface area contributed by atoms with E-state index in [1.54, 1.807) is 0 Å². The van der Waals surface area contributed by atoms with Crippen LogP contribution in [0.1, 0.15) is 36.8 Å². The van der Waals surface area contributed by atoms with E-state index < -0.39 is 0 Å². The summed E-state index contributed by atoms with van der Waals surface area (Å²) in [7, 11) is 0. The summed E-state index contributed by atoms with van der Waals surface area (Å²) in [5.74, 6) is 1.75. The Bertz CT molecular complexity index is 1040. The molecule has 0 bridgehead atoms. The van der Waals surface area contributed by atoms with Gasteiger partial charge in [-0.3, -0.25) is 4.79 Å². The van der Waals surface area contributed by atoms with Gasteiger partial charge in [-0.15, -0.1) is 0 Å². The molecule has 148 valence electrons. The molecule has 3 aromatic carbocycles. The topological polar surface area (TPSA) is 38.8 Å². The highest BCUT2D eigenvalue weighted by Crippen LogP contribution is 2.34. The van der Waals surface area contributed by atoms with Crippen LogP contribution in [0.2, 0.25) is 0 Å². The number of amides is 1. The average molecular weight is 387 g/mol. The first-order chi connectivity index (χ1) is 14.3. The van der Waals surface area contributed by atoms with E-state index in [1.807, 2.05) is 30.3 Å². The molecule has 4 heteroatoms. The molecule has 0 unspecified atom stereocenters. The Balaban J connectivity index is 1.37. The third-order valence-corrected chi connectivity index (χ3v) is 6.04. The fraction of sp³-hybridized carbons (Fsp3) is 0.320. The Morgan fingerprint density at radius 2 is 1.62 bits per heavy atom. The van der Waals surface area contributed by atoms with E-state index in [4.69, 9.17) is 9.47 Å². The number of carbonyl (C=O) groups excluding carboxylic acids is 1. The van der Waals surface area contributed by atoms with Gasteiger partial charge in [-0.05, 0) is 46.9 Å². The lowest BCUT2D eigenvalue weighted by Crippen LogP contribution is -2.39. The second-order valence-electron chi connectivity index (χ2n) is 8.01. The van der Waals surface area contributed by atoms with Gasteiger partial charge in [-0.25, -0.2) is 0 Å². The van der Waals surface area contributed by atoms with Gasteiger partial charge >= 0.3 is 0 Å². The summed E-state index contributed by atoms with van der Waals surface area (Å²) in [5.41, 5.74) is 2.16. The zero-order chi connectivity index (χ0) is 19.6. The van der Waals surface area contributed by atoms with Crippen LogP contribution in [0, 0.1) is 0 Å². The third kappa shape index (κ3) is 3.80. The Hall–Kier alpha value is -3.01. The fourth-order valence-corrected chi connectivity index (χ4v) is 4.50. The first kappa shape index (κ1) is 18.0. The summed E-state index contributed by atoms with van der Waals surface area (Å²) in [6, 6.07) is 20.9. The van der Waals surface area contributed by atoms with E-state index in [9.17, 15) is 4.79 Å². The molecule has 0 atom stereocenters. The van der Waals surface area contributed by atoms with Gasteiger partial charge in [0, 0.05) is 12.6 Å². The number of hydrogen-bond acceptors (Lipinski definition) is 3. The summed E-state index contributed by atoms with van der Waals surface area (Å²) in [5, 5.41) is 2.39. The highest BCUT2D eigenvalue weighted by Gasteiger charge is 2.27. The molecule has 0 radical (unpaired) electrons. The average Bonchev–Trinajstić information content (AvgIpc) is 3.43. The molecule has 1 amide bonds. The number of fused-ring (bicyclic) bond motifs is 2. The zero-order valence-corrected chi connectivity index (χ0v) is 16.5. The molecule has 0 spiro atoms. The Labute approximate surface area is 171 Å². The molecular formula is C25H25NO3. The minimum atomic E-state index is 0.199. The Morgan fingerprint density at radius 3 is 2.48 bits per heavy atom. The zero-order valence-electron chi connectivity index (χ0n) is 16.5. The minimum absolute atomic E-state index is 0.199. The van der Waals surface area contributed by atoms with Gasteiger partial charge in [0.25, 0.3) is 0 Å². The summed E-state index contributed by atoms with van der Waals surface area (Å²) < 4.78 is 10.9. The Morgan fingerprint density at radius 1 is 0.862 bits per heavy atom. The van der Waals surface area contributed by atoms with Crippen molar-refractivity contribution in [1.29, 1.82) is 0 Å². The molecular weight excluding hydrogens is 362 g/mol. The van der Waals surface area contributed by atoms with E-state index >= 15 is 0 Å². The van der Waals surface area contributed by atoms with Gasteiger partial charge in [0.2, 0.25) is 12.7 Å². The number of hydrogen-bond donors (Lipinski definition) is 0. The van der Waals surface area contributed by atoms with Gasteiger partial charge in [0.1, 0.15) is 0 Å². The molecule has 0 saturated heterocycles. The predicted octanol–water partition coefficient (Wildman–Crippen LogP) is 5.08. The van der Waals surface area contributed by atoms with Crippen LogP contribution in [0.15, 0.2) is 60.7 Å². The van der Waals surface area contributed by atoms with Crippen LogP contribution in [-0.2, 0) is 17.8 Å². The number of benzene rings is 3. The third-order valence-electron chi connectivity index (χ3n) is 6.04. The largest absolute Gasteiger partial charge is 0.454 e. The molecule has 1 aliphatic heterocycles. The number of nitrogens with zero attached hydrogens (tertiary/aromatic N) is 1. The predicted molar refractivity (Wildman–Crippen MR) is 113 cm³/mol. The first-order valence-corrected chi connectivity index (χ1v) is 10.4. The van der Waals surface area contributed by atoms with Crippen molar-refractivity contribution in [2.45, 2.75) is 44.7 Å². The second kappa shape index (κ2) is 7.78. The van der Waals surface area contributed by atoms with E-state index in [1.165, 1.54) is 23.6 Å². The molecule has 0 N–H and O–H groups in total. The fourth-order valence-electron chi connectivity index (χ4n) is 4.50. The smallest absolute Gasteiger partial charge is 0.231 e. The highest BCUT2D eigenvalue weighted by atomic mass is 16.7. The first-order valence-electron chi connectivity index (χ1n) is 10.4. The molecule has 1 saturated carbocycles. The van der Waals surface area contributed by atoms with E-state index in [0.29, 0.717) is 19.0 Å². The lowest BCUT2D eigenvalue weighted by molar-refractivity contribution is -0.133. The molecule has 1 aliphatic carbocycles. The van der Waals surface area contributed by atoms with Crippen LogP contribution in [0.4, 0.5) is 0 Å². The van der Waals surface area contributed by atoms with E-state index in [0.717, 1.165) is 35.5 Å². The van der Waals surface area contributed by atoms with Crippen molar-refractivity contribution >= 4 is 16.7 Å². The van der Waals surface area contributed by atoms with Gasteiger partial charge in [0.15, 0.2) is 11.5 Å². The van der Waals surface area contributed by atoms with Crippen LogP contribution in [0.3, 0.4) is 0 Å². The van der Waals surface area contributed by atoms with Crippen LogP contribution in [-0.4, -0.2) is 23.6 Å². The quantitative estimate of drug-likeness (QED) is 0.613. The van der Waals surface area contributed by atoms with Crippen molar-refractivity contribution in [1.82, 2.24) is 4.90 Å². The monoisotopic (exact) mass is 387 g/mol. The summed E-state index contributed by atoms with van der Waals surface area (Å²) >= 11 is 0. The van der Waals surface area contributed by atoms with Crippen LogP contribution < -0.4 is 9.47 Å². The highest BCUT2D eigenvalue weighted by molar-refractivity contribution is 5.85. The van der Waals surface area contributed by atoms with Crippen LogP contribution in [0.5, 0.6) is 11.5 Å². The minimum Gasteiger partial charge on any atom is -0.454 e. The van der Waals surface area contributed by atoms with Crippen LogP contribution in [0.25, 0.3) is 10.8 Å². The van der Waals surface area contributed by atoms with Crippen LogP contribution >= 0.6 is 0 Å². The summed E-state index contributed by atoms with van der Waals surface area (Å²) in [6.45, 7) is 0.889. The van der Waals surface area contributed by atoms with Crippen molar-refractivity contribution in [3.05, 3.63) is 71.8 Å². The number of carbonyl (C=O) groups is 1. The molecule has 2 aliphatic rings. The lowest BCUT2D eigenvalue weighted by Gasteiger charge is -2.29. The molecule has 3 aromatic rings. The normalized spacial score (nSPS) is 15.7. The van der Waals surface area contributed by atoms with Crippen molar-refractivity contribution in [2.24, 2.45) is 0 Å². The summed E-state index contributed by atoms with van der Waals surface area (Å²) in [6.07, 6.45) is 5.02. The SMILES string of the molecule is O=C(Cc1ccc2ccccc2c1)N(Cc1ccc2c(c1)OCO2)C1CCCC1. The molecule has 1 fully saturated rings. The molecule has 0 aromatic heterocycles. The van der Waals surface area contributed by atoms with Crippen molar-refractivity contribution < 1.29 is 14.3 Å². The van der Waals surface area contributed by atoms with E-state index in [2.05, 4.69) is 35.2 Å². The standard InChI is InChI=1S/C25H25NO3/c27-25(15-18-9-11-20-5-1-2-6-21(20)13-18)26(22-7-3-4-8-22)16-19-10-12-23-24(14-19)29-17-28-23/h1-2,5-6,9-14,22H,3-4,7-8,15-17H2. The molecule has 4 nitrogen and oxygen atoms in total. The Kier molecular flexibility index (Phi) is 4.84. The summed E-state index contributed by atoms with van der Waals surface area (Å²) in [4.78, 5) is 15.4. The van der Waals surface area contributed by atoms with Crippen molar-refractivity contribution in [3.63, 3.8) is 0 Å². The molecule has 5 rings (SSSR count). The maximum atomic E-state index is 13.3. The van der Waals surface area contributed by atoms with Gasteiger partial charge < -0.3 is 14.4 Å².